The van der Waals surface area contributed by atoms with Gasteiger partial charge >= 0.3 is 18.0 Å². The lowest BCUT2D eigenvalue weighted by Crippen LogP contribution is -2.60. The number of anilines is 1. The van der Waals surface area contributed by atoms with E-state index in [0.29, 0.717) is 17.2 Å². The van der Waals surface area contributed by atoms with Gasteiger partial charge in [0.25, 0.3) is 0 Å². The number of pyridine rings is 1. The van der Waals surface area contributed by atoms with Crippen LogP contribution in [0.1, 0.15) is 42.6 Å². The Labute approximate surface area is 268 Å². The van der Waals surface area contributed by atoms with Gasteiger partial charge in [0, 0.05) is 31.1 Å². The number of thioether (sulfide) groups is 2. The molecule has 4 N–H and O–H groups in total. The third-order valence-electron chi connectivity index (χ3n) is 8.20. The largest absolute Gasteiger partial charge is 0.477 e. The first-order valence-electron chi connectivity index (χ1n) is 14.2. The molecule has 4 atom stereocenters. The van der Waals surface area contributed by atoms with E-state index in [1.165, 1.54) is 29.8 Å². The van der Waals surface area contributed by atoms with Crippen LogP contribution in [0.4, 0.5) is 14.9 Å². The van der Waals surface area contributed by atoms with E-state index in [2.05, 4.69) is 5.32 Å². The molecular weight excluding hydrogens is 655 g/mol. The zero-order valence-corrected chi connectivity index (χ0v) is 26.1. The first-order chi connectivity index (χ1) is 21.4. The Hall–Kier alpha value is -3.47. The van der Waals surface area contributed by atoms with Crippen molar-refractivity contribution in [2.75, 3.05) is 30.3 Å². The molecule has 1 aromatic carbocycles. The summed E-state index contributed by atoms with van der Waals surface area (Å²) in [4.78, 5) is 63.9. The number of nitrogens with one attached hydrogen (secondary N) is 1. The van der Waals surface area contributed by atoms with Crippen molar-refractivity contribution in [3.63, 3.8) is 0 Å². The molecule has 3 aliphatic heterocycles. The molecule has 4 aliphatic rings. The molecule has 1 aromatic heterocycles. The zero-order valence-electron chi connectivity index (χ0n) is 23.7. The van der Waals surface area contributed by atoms with E-state index in [9.17, 15) is 39.3 Å². The number of aromatic nitrogens is 1. The van der Waals surface area contributed by atoms with E-state index >= 15 is 4.39 Å². The van der Waals surface area contributed by atoms with Crippen LogP contribution in [0.25, 0.3) is 10.9 Å². The smallest absolute Gasteiger partial charge is 0.407 e. The minimum Gasteiger partial charge on any atom is -0.477 e. The average Bonchev–Trinajstić information content (AvgIpc) is 3.62. The van der Waals surface area contributed by atoms with Gasteiger partial charge in [-0.3, -0.25) is 14.5 Å². The number of halogens is 2. The highest BCUT2D eigenvalue weighted by Crippen LogP contribution is 2.53. The number of rotatable bonds is 10. The minimum atomic E-state index is -1.40. The van der Waals surface area contributed by atoms with Crippen molar-refractivity contribution in [3.8, 4) is 0 Å². The van der Waals surface area contributed by atoms with E-state index < -0.39 is 64.2 Å². The fraction of sp³-hybridized carbons (Fsp3) is 0.464. The molecule has 3 fully saturated rings. The Bertz CT molecular complexity index is 1730. The van der Waals surface area contributed by atoms with Crippen molar-refractivity contribution in [2.24, 2.45) is 5.92 Å². The fourth-order valence-corrected chi connectivity index (χ4v) is 9.15. The van der Waals surface area contributed by atoms with Crippen LogP contribution in [0.15, 0.2) is 27.0 Å². The quantitative estimate of drug-likeness (QED) is 0.213. The third-order valence-corrected chi connectivity index (χ3v) is 11.2. The van der Waals surface area contributed by atoms with Crippen LogP contribution < -0.4 is 15.6 Å². The van der Waals surface area contributed by atoms with E-state index in [0.717, 1.165) is 30.7 Å². The number of carbonyl (C=O) groups is 4. The van der Waals surface area contributed by atoms with Gasteiger partial charge in [-0.25, -0.2) is 18.8 Å². The Morgan fingerprint density at radius 1 is 1.22 bits per heavy atom. The van der Waals surface area contributed by atoms with Crippen LogP contribution >= 0.6 is 35.1 Å². The number of aliphatic hydroxyl groups is 1. The number of β-lactam (4-membered cyclic amide) rings is 1. The first kappa shape index (κ1) is 31.5. The maximum atomic E-state index is 15.4. The van der Waals surface area contributed by atoms with Crippen molar-refractivity contribution in [1.29, 1.82) is 0 Å². The van der Waals surface area contributed by atoms with Crippen LogP contribution in [0, 0.1) is 11.7 Å². The van der Waals surface area contributed by atoms with E-state index in [4.69, 9.17) is 16.3 Å². The maximum Gasteiger partial charge on any atom is 0.407 e. The lowest BCUT2D eigenvalue weighted by atomic mass is 9.92. The van der Waals surface area contributed by atoms with Gasteiger partial charge in [-0.1, -0.05) is 23.4 Å². The number of hydrogen-bond donors (Lipinski definition) is 4. The van der Waals surface area contributed by atoms with Crippen LogP contribution in [0.2, 0.25) is 5.02 Å². The molecule has 2 amide bonds. The van der Waals surface area contributed by atoms with Gasteiger partial charge in [-0.2, -0.15) is 0 Å². The second kappa shape index (κ2) is 12.0. The topological polar surface area (TPSA) is 179 Å². The molecule has 17 heteroatoms. The molecule has 0 radical (unpaired) electrons. The Kier molecular flexibility index (Phi) is 8.43. The monoisotopic (exact) mass is 682 g/mol. The highest BCUT2D eigenvalue weighted by Gasteiger charge is 2.57. The van der Waals surface area contributed by atoms with Crippen LogP contribution in [0.5, 0.6) is 0 Å². The number of carboxylic acids is 2. The molecule has 4 heterocycles. The molecular formula is C28H28ClFN4O9S2. The van der Waals surface area contributed by atoms with Gasteiger partial charge in [0.1, 0.15) is 23.4 Å². The van der Waals surface area contributed by atoms with Gasteiger partial charge in [0.15, 0.2) is 5.70 Å². The molecule has 1 saturated carbocycles. The van der Waals surface area contributed by atoms with Gasteiger partial charge < -0.3 is 34.8 Å². The number of alkyl carbamates (subject to hydrolysis) is 1. The number of carboxylic acid groups (broad SMARTS) is 2. The Morgan fingerprint density at radius 3 is 2.60 bits per heavy atom. The van der Waals surface area contributed by atoms with Gasteiger partial charge in [-0.05, 0) is 32.3 Å². The molecule has 1 unspecified atom stereocenters. The van der Waals surface area contributed by atoms with E-state index in [1.54, 1.807) is 9.47 Å². The second-order valence-corrected chi connectivity index (χ2v) is 14.1. The number of aliphatic hydroxyl groups excluding tert-OH is 1. The Balaban J connectivity index is 1.07. The number of amides is 2. The highest BCUT2D eigenvalue weighted by atomic mass is 35.5. The third kappa shape index (κ3) is 5.61. The summed E-state index contributed by atoms with van der Waals surface area (Å²) in [6.45, 7) is 1.98. The summed E-state index contributed by atoms with van der Waals surface area (Å²) >= 11 is 9.03. The average molecular weight is 683 g/mol. The SMILES string of the molecule is C[C@@H](O)[C@@H]1C(=O)N2C(C(=O)O)=C(SCCOC(=O)NC3CCN(c4c(F)cc5c(=O)c(C(=O)O)cn(C6CC6)c5c4Cl)C3)S[C@H]12. The van der Waals surface area contributed by atoms with E-state index in [1.807, 2.05) is 0 Å². The van der Waals surface area contributed by atoms with Crippen molar-refractivity contribution < 1.29 is 43.6 Å². The summed E-state index contributed by atoms with van der Waals surface area (Å²) in [5.74, 6) is -4.32. The molecule has 2 saturated heterocycles. The number of benzene rings is 1. The van der Waals surface area contributed by atoms with Gasteiger partial charge in [0.05, 0.1) is 43.9 Å². The molecule has 0 bridgehead atoms. The molecule has 13 nitrogen and oxygen atoms in total. The fourth-order valence-electron chi connectivity index (χ4n) is 5.92. The summed E-state index contributed by atoms with van der Waals surface area (Å²) < 4.78 is 22.7. The summed E-state index contributed by atoms with van der Waals surface area (Å²) in [6.07, 6.45) is 1.64. The van der Waals surface area contributed by atoms with Crippen molar-refractivity contribution in [1.82, 2.24) is 14.8 Å². The lowest BCUT2D eigenvalue weighted by Gasteiger charge is -2.43. The predicted octanol–water partition coefficient (Wildman–Crippen LogP) is 3.03. The number of ether oxygens (including phenoxy) is 1. The maximum absolute atomic E-state index is 15.4. The van der Waals surface area contributed by atoms with Crippen molar-refractivity contribution >= 4 is 75.7 Å². The van der Waals surface area contributed by atoms with Gasteiger partial charge in [-0.15, -0.1) is 11.8 Å². The number of carbonyl (C=O) groups excluding carboxylic acids is 2. The summed E-state index contributed by atoms with van der Waals surface area (Å²) in [7, 11) is 0. The standard InChI is InChI=1S/C28H28ClFN4O9S2/c1-11(35)17-23(37)34-21(26(40)41)27(45-24(17)34)44-7-6-43-28(42)31-12-4-5-32(9-12)20-16(30)8-14-19(18(20)29)33(13-2-3-13)10-15(22(14)36)25(38)39/h8,10-13,17,24,35H,2-7,9H2,1H3,(H,31,42)(H,38,39)(H,40,41)/t11-,12?,17-,24-/m1/s1. The number of nitrogens with zero attached hydrogens (tertiary/aromatic N) is 3. The normalized spacial score (nSPS) is 23.3. The molecule has 0 spiro atoms. The van der Waals surface area contributed by atoms with Crippen molar-refractivity contribution in [3.05, 3.63) is 48.8 Å². The lowest BCUT2D eigenvalue weighted by molar-refractivity contribution is -0.156. The van der Waals surface area contributed by atoms with Crippen LogP contribution in [0.3, 0.4) is 0 Å². The molecule has 1 aliphatic carbocycles. The number of hydrogen-bond acceptors (Lipinski definition) is 10. The number of aliphatic carboxylic acids is 1. The minimum absolute atomic E-state index is 0.00256. The first-order valence-corrected chi connectivity index (χ1v) is 16.4. The zero-order chi connectivity index (χ0) is 32.3. The van der Waals surface area contributed by atoms with Crippen LogP contribution in [-0.4, -0.2) is 91.7 Å². The van der Waals surface area contributed by atoms with Gasteiger partial charge in [0.2, 0.25) is 11.3 Å². The number of aromatic carboxylic acids is 1. The number of fused-ring (bicyclic) bond motifs is 2. The second-order valence-electron chi connectivity index (χ2n) is 11.2. The van der Waals surface area contributed by atoms with E-state index in [-0.39, 0.29) is 52.3 Å². The predicted molar refractivity (Wildman–Crippen MR) is 164 cm³/mol. The Morgan fingerprint density at radius 2 is 1.96 bits per heavy atom. The highest BCUT2D eigenvalue weighted by molar-refractivity contribution is 8.22. The molecule has 240 valence electrons. The summed E-state index contributed by atoms with van der Waals surface area (Å²) in [6, 6.07) is 0.571. The molecule has 45 heavy (non-hydrogen) atoms. The summed E-state index contributed by atoms with van der Waals surface area (Å²) in [5.41, 5.74) is -1.06. The summed E-state index contributed by atoms with van der Waals surface area (Å²) in [5, 5.41) is 31.1. The van der Waals surface area contributed by atoms with Crippen molar-refractivity contribution in [2.45, 2.75) is 49.7 Å². The molecule has 2 aromatic rings. The van der Waals surface area contributed by atoms with Crippen LogP contribution in [-0.2, 0) is 14.3 Å². The molecule has 6 rings (SSSR count).